The molecule has 19 heavy (non-hydrogen) atoms. The van der Waals surface area contributed by atoms with Crippen LogP contribution in [0.4, 0.5) is 0 Å². The van der Waals surface area contributed by atoms with Gasteiger partial charge >= 0.3 is 5.97 Å². The fraction of sp³-hybridized carbons (Fsp3) is 0.357. The Labute approximate surface area is 112 Å². The lowest BCUT2D eigenvalue weighted by atomic mass is 10.2. The van der Waals surface area contributed by atoms with E-state index in [0.29, 0.717) is 19.6 Å². The number of rotatable bonds is 7. The lowest BCUT2D eigenvalue weighted by Crippen LogP contribution is -2.26. The van der Waals surface area contributed by atoms with Gasteiger partial charge in [-0.05, 0) is 17.7 Å². The summed E-state index contributed by atoms with van der Waals surface area (Å²) in [4.78, 5) is 12.7. The van der Waals surface area contributed by atoms with Gasteiger partial charge < -0.3 is 14.6 Å². The van der Waals surface area contributed by atoms with E-state index in [-0.39, 0.29) is 13.2 Å². The van der Waals surface area contributed by atoms with Crippen molar-refractivity contribution in [2.75, 3.05) is 19.9 Å². The number of ether oxygens (including phenoxy) is 2. The number of hydrogen-bond donors (Lipinski definition) is 1. The number of fused-ring (bicyclic) bond motifs is 1. The highest BCUT2D eigenvalue weighted by atomic mass is 16.7. The maximum absolute atomic E-state index is 10.6. The van der Waals surface area contributed by atoms with Crippen LogP contribution in [0.25, 0.3) is 0 Å². The lowest BCUT2D eigenvalue weighted by Gasteiger charge is -2.19. The summed E-state index contributed by atoms with van der Waals surface area (Å²) in [6.45, 7) is 5.76. The maximum atomic E-state index is 10.6. The summed E-state index contributed by atoms with van der Waals surface area (Å²) in [6.07, 6.45) is 1.90. The third-order valence-corrected chi connectivity index (χ3v) is 2.87. The second-order valence-corrected chi connectivity index (χ2v) is 4.36. The van der Waals surface area contributed by atoms with Gasteiger partial charge in [-0.25, -0.2) is 0 Å². The Morgan fingerprint density at radius 1 is 1.42 bits per heavy atom. The van der Waals surface area contributed by atoms with E-state index in [0.717, 1.165) is 17.1 Å². The Hall–Kier alpha value is -2.01. The van der Waals surface area contributed by atoms with Gasteiger partial charge in [-0.1, -0.05) is 12.1 Å². The molecule has 0 spiro atoms. The standard InChI is InChI=1S/C14H17NO4/c1-2-6-15(7-5-14(16)17)9-11-3-4-12-13(8-11)19-10-18-12/h2-4,8H,1,5-7,9-10H2,(H,16,17). The predicted octanol–water partition coefficient (Wildman–Crippen LogP) is 1.88. The summed E-state index contributed by atoms with van der Waals surface area (Å²) >= 11 is 0. The van der Waals surface area contributed by atoms with E-state index in [1.165, 1.54) is 0 Å². The van der Waals surface area contributed by atoms with Crippen molar-refractivity contribution < 1.29 is 19.4 Å². The first kappa shape index (κ1) is 13.4. The van der Waals surface area contributed by atoms with Crippen LogP contribution in [0, 0.1) is 0 Å². The van der Waals surface area contributed by atoms with Gasteiger partial charge in [0.25, 0.3) is 0 Å². The molecule has 0 fully saturated rings. The molecule has 0 atom stereocenters. The van der Waals surface area contributed by atoms with Crippen LogP contribution < -0.4 is 9.47 Å². The molecule has 1 N–H and O–H groups in total. The van der Waals surface area contributed by atoms with Crippen LogP contribution in [0.2, 0.25) is 0 Å². The van der Waals surface area contributed by atoms with Gasteiger partial charge in [0.05, 0.1) is 6.42 Å². The molecule has 1 aliphatic heterocycles. The van der Waals surface area contributed by atoms with Gasteiger partial charge in [-0.3, -0.25) is 9.69 Å². The number of carboxylic acid groups (broad SMARTS) is 1. The van der Waals surface area contributed by atoms with Crippen LogP contribution in [0.3, 0.4) is 0 Å². The third kappa shape index (κ3) is 3.72. The molecular weight excluding hydrogens is 246 g/mol. The first-order valence-corrected chi connectivity index (χ1v) is 6.12. The van der Waals surface area contributed by atoms with Crippen molar-refractivity contribution in [3.63, 3.8) is 0 Å². The Kier molecular flexibility index (Phi) is 4.41. The van der Waals surface area contributed by atoms with Gasteiger partial charge in [0, 0.05) is 19.6 Å². The normalized spacial score (nSPS) is 12.7. The highest BCUT2D eigenvalue weighted by Gasteiger charge is 2.14. The van der Waals surface area contributed by atoms with E-state index in [1.54, 1.807) is 6.08 Å². The zero-order chi connectivity index (χ0) is 13.7. The van der Waals surface area contributed by atoms with Gasteiger partial charge in [-0.15, -0.1) is 6.58 Å². The first-order chi connectivity index (χ1) is 9.19. The van der Waals surface area contributed by atoms with Crippen LogP contribution in [0.5, 0.6) is 11.5 Å². The zero-order valence-electron chi connectivity index (χ0n) is 10.7. The topological polar surface area (TPSA) is 59.0 Å². The highest BCUT2D eigenvalue weighted by Crippen LogP contribution is 2.32. The van der Waals surface area contributed by atoms with Gasteiger partial charge in [-0.2, -0.15) is 0 Å². The van der Waals surface area contributed by atoms with E-state index in [1.807, 2.05) is 23.1 Å². The molecule has 0 aliphatic carbocycles. The summed E-state index contributed by atoms with van der Waals surface area (Å²) in [6, 6.07) is 5.77. The Bertz CT molecular complexity index is 473. The van der Waals surface area contributed by atoms with Crippen molar-refractivity contribution in [1.29, 1.82) is 0 Å². The van der Waals surface area contributed by atoms with Crippen LogP contribution >= 0.6 is 0 Å². The lowest BCUT2D eigenvalue weighted by molar-refractivity contribution is -0.137. The van der Waals surface area contributed by atoms with E-state index < -0.39 is 5.97 Å². The minimum atomic E-state index is -0.792. The summed E-state index contributed by atoms with van der Waals surface area (Å²) < 4.78 is 10.6. The maximum Gasteiger partial charge on any atom is 0.304 e. The summed E-state index contributed by atoms with van der Waals surface area (Å²) in [5, 5.41) is 8.73. The molecular formula is C14H17NO4. The van der Waals surface area contributed by atoms with Crippen molar-refractivity contribution in [3.05, 3.63) is 36.4 Å². The Morgan fingerprint density at radius 3 is 2.95 bits per heavy atom. The third-order valence-electron chi connectivity index (χ3n) is 2.87. The summed E-state index contributed by atoms with van der Waals surface area (Å²) in [5.41, 5.74) is 1.07. The number of hydrogen-bond acceptors (Lipinski definition) is 4. The molecule has 5 heteroatoms. The Balaban J connectivity index is 1.99. The molecule has 0 amide bonds. The molecule has 1 aromatic rings. The van der Waals surface area contributed by atoms with Crippen LogP contribution in [-0.4, -0.2) is 35.9 Å². The minimum absolute atomic E-state index is 0.123. The van der Waals surface area contributed by atoms with Crippen LogP contribution in [0.15, 0.2) is 30.9 Å². The van der Waals surface area contributed by atoms with Crippen molar-refractivity contribution in [1.82, 2.24) is 4.90 Å². The van der Waals surface area contributed by atoms with Crippen molar-refractivity contribution in [2.45, 2.75) is 13.0 Å². The summed E-state index contributed by atoms with van der Waals surface area (Å²) in [5.74, 6) is 0.707. The molecule has 0 radical (unpaired) electrons. The van der Waals surface area contributed by atoms with E-state index in [2.05, 4.69) is 6.58 Å². The van der Waals surface area contributed by atoms with Crippen molar-refractivity contribution in [2.24, 2.45) is 0 Å². The largest absolute Gasteiger partial charge is 0.481 e. The molecule has 5 nitrogen and oxygen atoms in total. The number of nitrogens with zero attached hydrogens (tertiary/aromatic N) is 1. The number of carbonyl (C=O) groups is 1. The molecule has 0 unspecified atom stereocenters. The highest BCUT2D eigenvalue weighted by molar-refractivity contribution is 5.66. The smallest absolute Gasteiger partial charge is 0.304 e. The van der Waals surface area contributed by atoms with Crippen LogP contribution in [-0.2, 0) is 11.3 Å². The second-order valence-electron chi connectivity index (χ2n) is 4.36. The molecule has 1 heterocycles. The number of carboxylic acids is 1. The number of benzene rings is 1. The molecule has 1 aliphatic rings. The molecule has 0 saturated carbocycles. The second kappa shape index (κ2) is 6.24. The molecule has 0 saturated heterocycles. The molecule has 1 aromatic carbocycles. The monoisotopic (exact) mass is 263 g/mol. The average Bonchev–Trinajstić information content (AvgIpc) is 2.83. The first-order valence-electron chi connectivity index (χ1n) is 6.12. The molecule has 0 aromatic heterocycles. The van der Waals surface area contributed by atoms with E-state index >= 15 is 0 Å². The minimum Gasteiger partial charge on any atom is -0.481 e. The average molecular weight is 263 g/mol. The molecule has 102 valence electrons. The quantitative estimate of drug-likeness (QED) is 0.761. The van der Waals surface area contributed by atoms with Crippen molar-refractivity contribution >= 4 is 5.97 Å². The SMILES string of the molecule is C=CCN(CCC(=O)O)Cc1ccc2c(c1)OCO2. The van der Waals surface area contributed by atoms with Gasteiger partial charge in [0.15, 0.2) is 11.5 Å². The fourth-order valence-electron chi connectivity index (χ4n) is 1.97. The van der Waals surface area contributed by atoms with Crippen LogP contribution in [0.1, 0.15) is 12.0 Å². The van der Waals surface area contributed by atoms with Gasteiger partial charge in [0.2, 0.25) is 6.79 Å². The molecule has 0 bridgehead atoms. The summed E-state index contributed by atoms with van der Waals surface area (Å²) in [7, 11) is 0. The predicted molar refractivity (Wildman–Crippen MR) is 70.3 cm³/mol. The number of aliphatic carboxylic acids is 1. The molecule has 2 rings (SSSR count). The Morgan fingerprint density at radius 2 is 2.21 bits per heavy atom. The van der Waals surface area contributed by atoms with E-state index in [9.17, 15) is 4.79 Å². The van der Waals surface area contributed by atoms with E-state index in [4.69, 9.17) is 14.6 Å². The van der Waals surface area contributed by atoms with Crippen molar-refractivity contribution in [3.8, 4) is 11.5 Å². The fourth-order valence-corrected chi connectivity index (χ4v) is 1.97. The zero-order valence-corrected chi connectivity index (χ0v) is 10.7. The van der Waals surface area contributed by atoms with Gasteiger partial charge in [0.1, 0.15) is 0 Å².